The van der Waals surface area contributed by atoms with Crippen LogP contribution in [-0.4, -0.2) is 17.1 Å². The van der Waals surface area contributed by atoms with Gasteiger partial charge in [-0.15, -0.1) is 0 Å². The predicted octanol–water partition coefficient (Wildman–Crippen LogP) is 2.21. The molecule has 1 rings (SSSR count). The van der Waals surface area contributed by atoms with Crippen LogP contribution in [0.2, 0.25) is 0 Å². The Balaban J connectivity index is 3.15. The maximum Gasteiger partial charge on any atom is 0.304 e. The van der Waals surface area contributed by atoms with E-state index in [1.165, 1.54) is 0 Å². The number of rotatable bonds is 4. The van der Waals surface area contributed by atoms with Crippen molar-refractivity contribution < 1.29 is 9.90 Å². The third kappa shape index (κ3) is 2.83. The molecule has 2 atom stereocenters. The predicted molar refractivity (Wildman–Crippen MR) is 64.6 cm³/mol. The molecule has 16 heavy (non-hydrogen) atoms. The Labute approximate surface area is 96.3 Å². The molecule has 0 spiro atoms. The van der Waals surface area contributed by atoms with Gasteiger partial charge in [0.2, 0.25) is 0 Å². The summed E-state index contributed by atoms with van der Waals surface area (Å²) in [7, 11) is 0. The maximum absolute atomic E-state index is 10.9. The molecule has 2 unspecified atom stereocenters. The lowest BCUT2D eigenvalue weighted by Crippen LogP contribution is -2.28. The van der Waals surface area contributed by atoms with Crippen molar-refractivity contribution in [2.75, 3.05) is 0 Å². The normalized spacial score (nSPS) is 14.5. The molecule has 1 aromatic carbocycles. The highest BCUT2D eigenvalue weighted by molar-refractivity contribution is 5.68. The summed E-state index contributed by atoms with van der Waals surface area (Å²) in [5.41, 5.74) is 9.20. The second-order valence-corrected chi connectivity index (χ2v) is 4.37. The second-order valence-electron chi connectivity index (χ2n) is 4.37. The van der Waals surface area contributed by atoms with Crippen molar-refractivity contribution in [2.45, 2.75) is 39.2 Å². The van der Waals surface area contributed by atoms with Gasteiger partial charge < -0.3 is 10.8 Å². The van der Waals surface area contributed by atoms with Crippen molar-refractivity contribution in [3.63, 3.8) is 0 Å². The van der Waals surface area contributed by atoms with Crippen LogP contribution in [0.25, 0.3) is 0 Å². The standard InChI is InChI=1S/C13H19NO2/c1-8-5-4-6-9(2)13(8)11(10(3)14)7-12(15)16/h4-6,10-11H,7,14H2,1-3H3,(H,15,16). The first-order valence-corrected chi connectivity index (χ1v) is 5.47. The van der Waals surface area contributed by atoms with E-state index in [0.29, 0.717) is 0 Å². The summed E-state index contributed by atoms with van der Waals surface area (Å²) >= 11 is 0. The third-order valence-electron chi connectivity index (χ3n) is 2.94. The van der Waals surface area contributed by atoms with E-state index in [2.05, 4.69) is 0 Å². The minimum absolute atomic E-state index is 0.0867. The van der Waals surface area contributed by atoms with Crippen LogP contribution < -0.4 is 5.73 Å². The van der Waals surface area contributed by atoms with Crippen LogP contribution in [-0.2, 0) is 4.79 Å². The Hall–Kier alpha value is -1.35. The Morgan fingerprint density at radius 2 is 1.88 bits per heavy atom. The quantitative estimate of drug-likeness (QED) is 0.819. The van der Waals surface area contributed by atoms with Crippen molar-refractivity contribution >= 4 is 5.97 Å². The van der Waals surface area contributed by atoms with E-state index in [4.69, 9.17) is 10.8 Å². The fraction of sp³-hybridized carbons (Fsp3) is 0.462. The molecule has 0 saturated carbocycles. The summed E-state index contributed by atoms with van der Waals surface area (Å²) in [6.07, 6.45) is 0.0867. The van der Waals surface area contributed by atoms with Crippen LogP contribution in [0.4, 0.5) is 0 Å². The van der Waals surface area contributed by atoms with Crippen LogP contribution in [0.3, 0.4) is 0 Å². The number of hydrogen-bond acceptors (Lipinski definition) is 2. The van der Waals surface area contributed by atoms with Gasteiger partial charge in [0, 0.05) is 12.0 Å². The van der Waals surface area contributed by atoms with E-state index in [-0.39, 0.29) is 18.4 Å². The summed E-state index contributed by atoms with van der Waals surface area (Å²) in [4.78, 5) is 10.9. The largest absolute Gasteiger partial charge is 0.481 e. The number of aryl methyl sites for hydroxylation is 2. The molecule has 3 nitrogen and oxygen atoms in total. The van der Waals surface area contributed by atoms with Gasteiger partial charge in [-0.1, -0.05) is 18.2 Å². The summed E-state index contributed by atoms with van der Waals surface area (Å²) in [6, 6.07) is 5.82. The average Bonchev–Trinajstić information content (AvgIpc) is 2.15. The van der Waals surface area contributed by atoms with Crippen molar-refractivity contribution in [3.05, 3.63) is 34.9 Å². The van der Waals surface area contributed by atoms with Gasteiger partial charge in [0.25, 0.3) is 0 Å². The number of carboxylic acids is 1. The Morgan fingerprint density at radius 1 is 1.38 bits per heavy atom. The molecule has 0 heterocycles. The van der Waals surface area contributed by atoms with Gasteiger partial charge in [-0.3, -0.25) is 4.79 Å². The molecule has 88 valence electrons. The number of nitrogens with two attached hydrogens (primary N) is 1. The first kappa shape index (κ1) is 12.7. The number of hydrogen-bond donors (Lipinski definition) is 2. The lowest BCUT2D eigenvalue weighted by Gasteiger charge is -2.23. The smallest absolute Gasteiger partial charge is 0.304 e. The average molecular weight is 221 g/mol. The second kappa shape index (κ2) is 5.12. The summed E-state index contributed by atoms with van der Waals surface area (Å²) in [5, 5.41) is 8.92. The van der Waals surface area contributed by atoms with Gasteiger partial charge in [-0.25, -0.2) is 0 Å². The van der Waals surface area contributed by atoms with E-state index >= 15 is 0 Å². The minimum Gasteiger partial charge on any atom is -0.481 e. The van der Waals surface area contributed by atoms with E-state index in [9.17, 15) is 4.79 Å². The SMILES string of the molecule is Cc1cccc(C)c1C(CC(=O)O)C(C)N. The highest BCUT2D eigenvalue weighted by Gasteiger charge is 2.22. The van der Waals surface area contributed by atoms with Gasteiger partial charge in [-0.2, -0.15) is 0 Å². The molecule has 0 amide bonds. The third-order valence-corrected chi connectivity index (χ3v) is 2.94. The molecule has 1 aromatic rings. The number of aliphatic carboxylic acids is 1. The highest BCUT2D eigenvalue weighted by Crippen LogP contribution is 2.28. The van der Waals surface area contributed by atoms with Gasteiger partial charge in [0.15, 0.2) is 0 Å². The molecule has 3 N–H and O–H groups in total. The summed E-state index contributed by atoms with van der Waals surface area (Å²) in [5.74, 6) is -0.913. The maximum atomic E-state index is 10.9. The van der Waals surface area contributed by atoms with Crippen molar-refractivity contribution in [3.8, 4) is 0 Å². The molecule has 0 bridgehead atoms. The molecule has 0 saturated heterocycles. The van der Waals surface area contributed by atoms with E-state index in [1.807, 2.05) is 39.0 Å². The van der Waals surface area contributed by atoms with Gasteiger partial charge >= 0.3 is 5.97 Å². The fourth-order valence-electron chi connectivity index (χ4n) is 2.15. The molecular formula is C13H19NO2. The van der Waals surface area contributed by atoms with Crippen molar-refractivity contribution in [1.82, 2.24) is 0 Å². The van der Waals surface area contributed by atoms with Gasteiger partial charge in [0.05, 0.1) is 6.42 Å². The zero-order valence-corrected chi connectivity index (χ0v) is 10.0. The molecule has 0 fully saturated rings. The number of benzene rings is 1. The lowest BCUT2D eigenvalue weighted by molar-refractivity contribution is -0.137. The van der Waals surface area contributed by atoms with E-state index < -0.39 is 5.97 Å². The molecule has 0 aromatic heterocycles. The van der Waals surface area contributed by atoms with Gasteiger partial charge in [0.1, 0.15) is 0 Å². The van der Waals surface area contributed by atoms with Crippen LogP contribution in [0.1, 0.15) is 36.0 Å². The van der Waals surface area contributed by atoms with Crippen LogP contribution in [0.15, 0.2) is 18.2 Å². The Kier molecular flexibility index (Phi) is 4.07. The highest BCUT2D eigenvalue weighted by atomic mass is 16.4. The molecule has 0 aliphatic carbocycles. The number of carboxylic acid groups (broad SMARTS) is 1. The zero-order valence-electron chi connectivity index (χ0n) is 10.0. The summed E-state index contributed by atoms with van der Waals surface area (Å²) < 4.78 is 0. The molecule has 0 radical (unpaired) electrons. The molecule has 3 heteroatoms. The first-order valence-electron chi connectivity index (χ1n) is 5.47. The number of carbonyl (C=O) groups is 1. The van der Waals surface area contributed by atoms with Crippen molar-refractivity contribution in [1.29, 1.82) is 0 Å². The first-order chi connectivity index (χ1) is 7.43. The van der Waals surface area contributed by atoms with Crippen molar-refractivity contribution in [2.24, 2.45) is 5.73 Å². The lowest BCUT2D eigenvalue weighted by atomic mass is 9.84. The molecule has 0 aliphatic rings. The monoisotopic (exact) mass is 221 g/mol. The molecular weight excluding hydrogens is 202 g/mol. The van der Waals surface area contributed by atoms with Crippen LogP contribution >= 0.6 is 0 Å². The van der Waals surface area contributed by atoms with E-state index in [0.717, 1.165) is 16.7 Å². The van der Waals surface area contributed by atoms with Crippen LogP contribution in [0, 0.1) is 13.8 Å². The summed E-state index contributed by atoms with van der Waals surface area (Å²) in [6.45, 7) is 5.86. The topological polar surface area (TPSA) is 63.3 Å². The van der Waals surface area contributed by atoms with Crippen LogP contribution in [0.5, 0.6) is 0 Å². The Bertz CT molecular complexity index is 365. The minimum atomic E-state index is -0.801. The zero-order chi connectivity index (χ0) is 12.3. The fourth-order valence-corrected chi connectivity index (χ4v) is 2.15. The van der Waals surface area contributed by atoms with Gasteiger partial charge in [-0.05, 0) is 37.5 Å². The molecule has 0 aliphatic heterocycles. The van der Waals surface area contributed by atoms with E-state index in [1.54, 1.807) is 0 Å². The Morgan fingerprint density at radius 3 is 2.25 bits per heavy atom.